The van der Waals surface area contributed by atoms with Crippen molar-refractivity contribution in [2.75, 3.05) is 18.9 Å². The maximum absolute atomic E-state index is 12.3. The quantitative estimate of drug-likeness (QED) is 0.907. The molecule has 2 aromatic rings. The second kappa shape index (κ2) is 7.16. The molecule has 0 radical (unpaired) electrons. The number of thiophene rings is 1. The summed E-state index contributed by atoms with van der Waals surface area (Å²) in [6, 6.07) is 10.6. The molecule has 124 valence electrons. The lowest BCUT2D eigenvalue weighted by atomic mass is 10.1. The van der Waals surface area contributed by atoms with Crippen molar-refractivity contribution in [1.29, 1.82) is 5.26 Å². The summed E-state index contributed by atoms with van der Waals surface area (Å²) in [5.41, 5.74) is 4.23. The number of hydrogen-bond acceptors (Lipinski definition) is 4. The number of carbonyl (C=O) groups is 1. The molecule has 5 heteroatoms. The molecule has 1 amide bonds. The number of nitrogens with zero attached hydrogens (tertiary/aromatic N) is 2. The Balaban J connectivity index is 1.60. The Labute approximate surface area is 146 Å². The molecule has 1 aliphatic rings. The van der Waals surface area contributed by atoms with Crippen molar-refractivity contribution in [3.05, 3.63) is 51.4 Å². The molecule has 1 aromatic heterocycles. The van der Waals surface area contributed by atoms with Crippen LogP contribution in [0, 0.1) is 18.3 Å². The van der Waals surface area contributed by atoms with Crippen LogP contribution in [0.5, 0.6) is 0 Å². The monoisotopic (exact) mass is 339 g/mol. The molecule has 3 rings (SSSR count). The molecule has 1 heterocycles. The van der Waals surface area contributed by atoms with Gasteiger partial charge in [-0.2, -0.15) is 5.26 Å². The van der Waals surface area contributed by atoms with E-state index in [1.165, 1.54) is 16.0 Å². The fourth-order valence-electron chi connectivity index (χ4n) is 3.08. The summed E-state index contributed by atoms with van der Waals surface area (Å²) in [5, 5.41) is 13.0. The summed E-state index contributed by atoms with van der Waals surface area (Å²) in [7, 11) is 1.93. The van der Waals surface area contributed by atoms with Gasteiger partial charge in [0.05, 0.1) is 12.1 Å². The second-order valence-corrected chi connectivity index (χ2v) is 7.48. The summed E-state index contributed by atoms with van der Waals surface area (Å²) < 4.78 is 0. The Morgan fingerprint density at radius 3 is 2.79 bits per heavy atom. The van der Waals surface area contributed by atoms with Crippen molar-refractivity contribution in [3.63, 3.8) is 0 Å². The molecule has 0 aliphatic heterocycles. The van der Waals surface area contributed by atoms with Crippen molar-refractivity contribution in [2.45, 2.75) is 32.7 Å². The standard InChI is InChI=1S/C19H21N3OS/c1-13-6-8-14(9-7-13)11-22(2)12-18(23)21-19-16(10-20)15-4-3-5-17(15)24-19/h6-9H,3-5,11-12H2,1-2H3,(H,21,23). The summed E-state index contributed by atoms with van der Waals surface area (Å²) in [6.45, 7) is 3.09. The van der Waals surface area contributed by atoms with Crippen LogP contribution in [0.4, 0.5) is 5.00 Å². The molecule has 24 heavy (non-hydrogen) atoms. The average molecular weight is 339 g/mol. The predicted octanol–water partition coefficient (Wildman–Crippen LogP) is 3.49. The van der Waals surface area contributed by atoms with E-state index in [2.05, 4.69) is 42.6 Å². The molecule has 1 aliphatic carbocycles. The van der Waals surface area contributed by atoms with Gasteiger partial charge in [-0.1, -0.05) is 29.8 Å². The van der Waals surface area contributed by atoms with Crippen LogP contribution in [0.25, 0.3) is 0 Å². The number of nitriles is 1. The topological polar surface area (TPSA) is 56.1 Å². The van der Waals surface area contributed by atoms with Crippen LogP contribution in [0.3, 0.4) is 0 Å². The SMILES string of the molecule is Cc1ccc(CN(C)CC(=O)Nc2sc3c(c2C#N)CCC3)cc1. The number of aryl methyl sites for hydroxylation is 2. The van der Waals surface area contributed by atoms with Gasteiger partial charge in [-0.05, 0) is 44.4 Å². The molecular formula is C19H21N3OS. The van der Waals surface area contributed by atoms with E-state index in [1.54, 1.807) is 11.3 Å². The number of benzene rings is 1. The molecule has 1 aromatic carbocycles. The van der Waals surface area contributed by atoms with E-state index in [0.29, 0.717) is 12.1 Å². The highest BCUT2D eigenvalue weighted by atomic mass is 32.1. The highest BCUT2D eigenvalue weighted by molar-refractivity contribution is 7.16. The lowest BCUT2D eigenvalue weighted by Gasteiger charge is -2.16. The third-order valence-electron chi connectivity index (χ3n) is 4.27. The van der Waals surface area contributed by atoms with Gasteiger partial charge >= 0.3 is 0 Å². The van der Waals surface area contributed by atoms with E-state index >= 15 is 0 Å². The number of hydrogen-bond donors (Lipinski definition) is 1. The van der Waals surface area contributed by atoms with Crippen molar-refractivity contribution < 1.29 is 4.79 Å². The van der Waals surface area contributed by atoms with Crippen LogP contribution in [-0.4, -0.2) is 24.4 Å². The first-order valence-corrected chi connectivity index (χ1v) is 8.97. The summed E-state index contributed by atoms with van der Waals surface area (Å²) in [4.78, 5) is 15.5. The zero-order chi connectivity index (χ0) is 17.1. The van der Waals surface area contributed by atoms with Crippen LogP contribution in [0.2, 0.25) is 0 Å². The van der Waals surface area contributed by atoms with E-state index < -0.39 is 0 Å². The molecule has 1 N–H and O–H groups in total. The van der Waals surface area contributed by atoms with Crippen LogP contribution in [0.15, 0.2) is 24.3 Å². The Morgan fingerprint density at radius 1 is 1.33 bits per heavy atom. The van der Waals surface area contributed by atoms with Gasteiger partial charge in [0.25, 0.3) is 0 Å². The molecular weight excluding hydrogens is 318 g/mol. The maximum Gasteiger partial charge on any atom is 0.239 e. The van der Waals surface area contributed by atoms with Gasteiger partial charge in [-0.3, -0.25) is 9.69 Å². The van der Waals surface area contributed by atoms with E-state index in [9.17, 15) is 10.1 Å². The Hall–Kier alpha value is -2.16. The van der Waals surface area contributed by atoms with Crippen LogP contribution >= 0.6 is 11.3 Å². The molecule has 0 unspecified atom stereocenters. The predicted molar refractivity (Wildman–Crippen MR) is 97.2 cm³/mol. The van der Waals surface area contributed by atoms with E-state index in [0.717, 1.165) is 36.4 Å². The minimum Gasteiger partial charge on any atom is -0.315 e. The van der Waals surface area contributed by atoms with Gasteiger partial charge < -0.3 is 5.32 Å². The first-order chi connectivity index (χ1) is 11.6. The third kappa shape index (κ3) is 3.66. The Morgan fingerprint density at radius 2 is 2.08 bits per heavy atom. The average Bonchev–Trinajstić information content (AvgIpc) is 3.09. The number of carbonyl (C=O) groups excluding carboxylic acids is 1. The second-order valence-electron chi connectivity index (χ2n) is 6.38. The summed E-state index contributed by atoms with van der Waals surface area (Å²) >= 11 is 1.56. The van der Waals surface area contributed by atoms with Gasteiger partial charge in [-0.25, -0.2) is 0 Å². The highest BCUT2D eigenvalue weighted by Gasteiger charge is 2.23. The lowest BCUT2D eigenvalue weighted by molar-refractivity contribution is -0.117. The van der Waals surface area contributed by atoms with Crippen molar-refractivity contribution in [1.82, 2.24) is 4.90 Å². The highest BCUT2D eigenvalue weighted by Crippen LogP contribution is 2.38. The first kappa shape index (κ1) is 16.7. The van der Waals surface area contributed by atoms with E-state index in [4.69, 9.17) is 0 Å². The minimum atomic E-state index is -0.0685. The van der Waals surface area contributed by atoms with Gasteiger partial charge in [0.1, 0.15) is 11.1 Å². The van der Waals surface area contributed by atoms with E-state index in [1.807, 2.05) is 11.9 Å². The minimum absolute atomic E-state index is 0.0685. The lowest BCUT2D eigenvalue weighted by Crippen LogP contribution is -2.29. The van der Waals surface area contributed by atoms with Crippen molar-refractivity contribution in [2.24, 2.45) is 0 Å². The van der Waals surface area contributed by atoms with Crippen molar-refractivity contribution >= 4 is 22.2 Å². The van der Waals surface area contributed by atoms with Gasteiger partial charge in [-0.15, -0.1) is 11.3 Å². The van der Waals surface area contributed by atoms with Crippen LogP contribution in [-0.2, 0) is 24.2 Å². The van der Waals surface area contributed by atoms with Crippen molar-refractivity contribution in [3.8, 4) is 6.07 Å². The van der Waals surface area contributed by atoms with Crippen LogP contribution in [0.1, 0.15) is 33.6 Å². The van der Waals surface area contributed by atoms with E-state index in [-0.39, 0.29) is 5.91 Å². The number of amides is 1. The number of anilines is 1. The van der Waals surface area contributed by atoms with Gasteiger partial charge in [0.15, 0.2) is 0 Å². The number of nitrogens with one attached hydrogen (secondary N) is 1. The molecule has 0 bridgehead atoms. The maximum atomic E-state index is 12.3. The summed E-state index contributed by atoms with van der Waals surface area (Å²) in [5.74, 6) is -0.0685. The zero-order valence-electron chi connectivity index (χ0n) is 14.1. The fourth-order valence-corrected chi connectivity index (χ4v) is 4.34. The molecule has 0 spiro atoms. The summed E-state index contributed by atoms with van der Waals surface area (Å²) in [6.07, 6.45) is 3.10. The fraction of sp³-hybridized carbons (Fsp3) is 0.368. The Bertz CT molecular complexity index is 786. The molecule has 0 saturated heterocycles. The van der Waals surface area contributed by atoms with Gasteiger partial charge in [0, 0.05) is 11.4 Å². The Kier molecular flexibility index (Phi) is 4.98. The van der Waals surface area contributed by atoms with Crippen LogP contribution < -0.4 is 5.32 Å². The largest absolute Gasteiger partial charge is 0.315 e. The number of fused-ring (bicyclic) bond motifs is 1. The molecule has 4 nitrogen and oxygen atoms in total. The van der Waals surface area contributed by atoms with Gasteiger partial charge in [0.2, 0.25) is 5.91 Å². The zero-order valence-corrected chi connectivity index (χ0v) is 14.9. The molecule has 0 fully saturated rings. The smallest absolute Gasteiger partial charge is 0.239 e. The number of rotatable bonds is 5. The third-order valence-corrected chi connectivity index (χ3v) is 5.48. The number of likely N-dealkylation sites (N-methyl/N-ethyl adjacent to an activating group) is 1. The normalized spacial score (nSPS) is 12.9. The molecule has 0 saturated carbocycles. The first-order valence-electron chi connectivity index (χ1n) is 8.15. The molecule has 0 atom stereocenters.